The second-order valence-corrected chi connectivity index (χ2v) is 7.34. The van der Waals surface area contributed by atoms with E-state index in [9.17, 15) is 9.18 Å². The Kier molecular flexibility index (Phi) is 4.63. The van der Waals surface area contributed by atoms with E-state index in [0.29, 0.717) is 0 Å². The van der Waals surface area contributed by atoms with Crippen molar-refractivity contribution in [1.29, 1.82) is 0 Å². The molecule has 136 valence electrons. The van der Waals surface area contributed by atoms with E-state index >= 15 is 0 Å². The molecule has 8 heteroatoms. The molecule has 1 N–H and O–H groups in total. The van der Waals surface area contributed by atoms with E-state index in [1.807, 2.05) is 24.3 Å². The highest BCUT2D eigenvalue weighted by Gasteiger charge is 2.25. The van der Waals surface area contributed by atoms with E-state index in [2.05, 4.69) is 15.5 Å². The predicted molar refractivity (Wildman–Crippen MR) is 102 cm³/mol. The molecule has 0 aliphatic rings. The van der Waals surface area contributed by atoms with E-state index in [0.717, 1.165) is 15.2 Å². The summed E-state index contributed by atoms with van der Waals surface area (Å²) in [5.41, 5.74) is 1.16. The zero-order valence-electron chi connectivity index (χ0n) is 14.1. The standard InChI is InChI=1S/C19H13ClFN3O2S/c1-10-16(18(24-26-10)17-11(20)5-4-6-12(17)21)19(25)22-9-15-23-13-7-2-3-8-14(13)27-15/h2-8H,9H2,1H3,(H,22,25). The van der Waals surface area contributed by atoms with Crippen LogP contribution in [0.2, 0.25) is 5.02 Å². The molecular weight excluding hydrogens is 389 g/mol. The first-order valence-corrected chi connectivity index (χ1v) is 9.27. The van der Waals surface area contributed by atoms with E-state index in [-0.39, 0.29) is 34.1 Å². The van der Waals surface area contributed by atoms with Crippen molar-refractivity contribution in [3.63, 3.8) is 0 Å². The largest absolute Gasteiger partial charge is 0.360 e. The van der Waals surface area contributed by atoms with Crippen LogP contribution in [-0.4, -0.2) is 16.0 Å². The van der Waals surface area contributed by atoms with Crippen molar-refractivity contribution in [2.45, 2.75) is 13.5 Å². The summed E-state index contributed by atoms with van der Waals surface area (Å²) in [7, 11) is 0. The Hall–Kier alpha value is -2.77. The second kappa shape index (κ2) is 7.09. The maximum atomic E-state index is 14.3. The minimum absolute atomic E-state index is 0.0427. The summed E-state index contributed by atoms with van der Waals surface area (Å²) >= 11 is 7.61. The maximum Gasteiger partial charge on any atom is 0.257 e. The van der Waals surface area contributed by atoms with Crippen LogP contribution in [0.1, 0.15) is 21.1 Å². The smallest absolute Gasteiger partial charge is 0.257 e. The number of fused-ring (bicyclic) bond motifs is 1. The lowest BCUT2D eigenvalue weighted by Crippen LogP contribution is -2.23. The van der Waals surface area contributed by atoms with E-state index < -0.39 is 11.7 Å². The summed E-state index contributed by atoms with van der Waals surface area (Å²) in [6.45, 7) is 1.84. The molecule has 1 amide bonds. The molecule has 2 aromatic carbocycles. The summed E-state index contributed by atoms with van der Waals surface area (Å²) in [6, 6.07) is 12.0. The number of rotatable bonds is 4. The number of aromatic nitrogens is 2. The van der Waals surface area contributed by atoms with Crippen molar-refractivity contribution in [2.24, 2.45) is 0 Å². The zero-order chi connectivity index (χ0) is 19.0. The number of carbonyl (C=O) groups is 1. The molecule has 0 fully saturated rings. The van der Waals surface area contributed by atoms with Gasteiger partial charge in [0.25, 0.3) is 5.91 Å². The van der Waals surface area contributed by atoms with Crippen molar-refractivity contribution >= 4 is 39.1 Å². The SMILES string of the molecule is Cc1onc(-c2c(F)cccc2Cl)c1C(=O)NCc1nc2ccccc2s1. The van der Waals surface area contributed by atoms with Gasteiger partial charge in [-0.05, 0) is 31.2 Å². The molecule has 0 saturated heterocycles. The number of carbonyl (C=O) groups excluding carboxylic acids is 1. The van der Waals surface area contributed by atoms with Crippen molar-refractivity contribution < 1.29 is 13.7 Å². The predicted octanol–water partition coefficient (Wildman–Crippen LogP) is 4.98. The van der Waals surface area contributed by atoms with Gasteiger partial charge in [-0.1, -0.05) is 35.0 Å². The normalized spacial score (nSPS) is 11.1. The average Bonchev–Trinajstić information content (AvgIpc) is 3.23. The molecule has 27 heavy (non-hydrogen) atoms. The lowest BCUT2D eigenvalue weighted by Gasteiger charge is -2.06. The first-order valence-electron chi connectivity index (χ1n) is 8.08. The molecule has 0 saturated carbocycles. The van der Waals surface area contributed by atoms with Gasteiger partial charge >= 0.3 is 0 Å². The fourth-order valence-electron chi connectivity index (χ4n) is 2.77. The number of hydrogen-bond acceptors (Lipinski definition) is 5. The lowest BCUT2D eigenvalue weighted by atomic mass is 10.0. The van der Waals surface area contributed by atoms with Crippen molar-refractivity contribution in [2.75, 3.05) is 0 Å². The third-order valence-corrected chi connectivity index (χ3v) is 5.38. The van der Waals surface area contributed by atoms with Gasteiger partial charge in [0.2, 0.25) is 0 Å². The van der Waals surface area contributed by atoms with Gasteiger partial charge < -0.3 is 9.84 Å². The highest BCUT2D eigenvalue weighted by Crippen LogP contribution is 2.33. The van der Waals surface area contributed by atoms with E-state index in [4.69, 9.17) is 16.1 Å². The Morgan fingerprint density at radius 1 is 1.26 bits per heavy atom. The molecule has 0 aliphatic heterocycles. The van der Waals surface area contributed by atoms with Gasteiger partial charge in [0.15, 0.2) is 0 Å². The number of aryl methyl sites for hydroxylation is 1. The van der Waals surface area contributed by atoms with Crippen LogP contribution in [-0.2, 0) is 6.54 Å². The minimum atomic E-state index is -0.573. The quantitative estimate of drug-likeness (QED) is 0.523. The number of halogens is 2. The van der Waals surface area contributed by atoms with Gasteiger partial charge in [-0.3, -0.25) is 4.79 Å². The van der Waals surface area contributed by atoms with Crippen LogP contribution in [0.5, 0.6) is 0 Å². The molecular formula is C19H13ClFN3O2S. The van der Waals surface area contributed by atoms with Gasteiger partial charge in [0.1, 0.15) is 27.8 Å². The Balaban J connectivity index is 1.62. The topological polar surface area (TPSA) is 68.0 Å². The first kappa shape index (κ1) is 17.6. The van der Waals surface area contributed by atoms with Crippen LogP contribution in [0, 0.1) is 12.7 Å². The van der Waals surface area contributed by atoms with Crippen molar-refractivity contribution in [3.05, 3.63) is 69.6 Å². The maximum absolute atomic E-state index is 14.3. The van der Waals surface area contributed by atoms with Crippen LogP contribution in [0.4, 0.5) is 4.39 Å². The molecule has 4 rings (SSSR count). The number of hydrogen-bond donors (Lipinski definition) is 1. The van der Waals surface area contributed by atoms with Crippen LogP contribution in [0.3, 0.4) is 0 Å². The molecule has 0 spiro atoms. The fourth-order valence-corrected chi connectivity index (χ4v) is 3.93. The molecule has 4 aromatic rings. The molecule has 0 bridgehead atoms. The lowest BCUT2D eigenvalue weighted by molar-refractivity contribution is 0.0950. The summed E-state index contributed by atoms with van der Waals surface area (Å²) < 4.78 is 20.4. The second-order valence-electron chi connectivity index (χ2n) is 5.82. The number of nitrogens with zero attached hydrogens (tertiary/aromatic N) is 2. The Morgan fingerprint density at radius 3 is 2.85 bits per heavy atom. The summed E-state index contributed by atoms with van der Waals surface area (Å²) in [6.07, 6.45) is 0. The number of benzene rings is 2. The van der Waals surface area contributed by atoms with Gasteiger partial charge in [0.05, 0.1) is 27.3 Å². The molecule has 0 unspecified atom stereocenters. The molecule has 0 radical (unpaired) electrons. The van der Waals surface area contributed by atoms with Gasteiger partial charge in [-0.2, -0.15) is 0 Å². The van der Waals surface area contributed by atoms with E-state index in [1.54, 1.807) is 6.92 Å². The van der Waals surface area contributed by atoms with Crippen LogP contribution in [0.25, 0.3) is 21.5 Å². The molecule has 2 aromatic heterocycles. The number of amides is 1. The monoisotopic (exact) mass is 401 g/mol. The third kappa shape index (κ3) is 3.31. The number of nitrogens with one attached hydrogen (secondary N) is 1. The number of para-hydroxylation sites is 1. The molecule has 0 atom stereocenters. The first-order chi connectivity index (χ1) is 13.0. The molecule has 2 heterocycles. The minimum Gasteiger partial charge on any atom is -0.360 e. The van der Waals surface area contributed by atoms with Crippen molar-refractivity contribution in [3.8, 4) is 11.3 Å². The Labute approximate surface area is 162 Å². The van der Waals surface area contributed by atoms with Gasteiger partial charge in [0, 0.05) is 0 Å². The Morgan fingerprint density at radius 2 is 2.07 bits per heavy atom. The highest BCUT2D eigenvalue weighted by atomic mass is 35.5. The van der Waals surface area contributed by atoms with E-state index in [1.165, 1.54) is 29.5 Å². The molecule has 5 nitrogen and oxygen atoms in total. The van der Waals surface area contributed by atoms with Crippen molar-refractivity contribution in [1.82, 2.24) is 15.5 Å². The van der Waals surface area contributed by atoms with Crippen LogP contribution in [0.15, 0.2) is 47.0 Å². The molecule has 0 aliphatic carbocycles. The average molecular weight is 402 g/mol. The summed E-state index contributed by atoms with van der Waals surface area (Å²) in [5.74, 6) is -0.718. The van der Waals surface area contributed by atoms with Gasteiger partial charge in [-0.15, -0.1) is 11.3 Å². The number of thiazole rings is 1. The van der Waals surface area contributed by atoms with Crippen LogP contribution < -0.4 is 5.32 Å². The highest BCUT2D eigenvalue weighted by molar-refractivity contribution is 7.18. The Bertz CT molecular complexity index is 1100. The summed E-state index contributed by atoms with van der Waals surface area (Å²) in [4.78, 5) is 17.2. The zero-order valence-corrected chi connectivity index (χ0v) is 15.7. The fraction of sp³-hybridized carbons (Fsp3) is 0.105. The third-order valence-electron chi connectivity index (χ3n) is 4.03. The van der Waals surface area contributed by atoms with Gasteiger partial charge in [-0.25, -0.2) is 9.37 Å². The summed E-state index contributed by atoms with van der Waals surface area (Å²) in [5, 5.41) is 7.56. The van der Waals surface area contributed by atoms with Crippen LogP contribution >= 0.6 is 22.9 Å².